The van der Waals surface area contributed by atoms with Crippen molar-refractivity contribution in [3.63, 3.8) is 0 Å². The Kier molecular flexibility index (Phi) is 9.40. The second kappa shape index (κ2) is 16.3. The van der Waals surface area contributed by atoms with Gasteiger partial charge in [-0.05, 0) is 167 Å². The van der Waals surface area contributed by atoms with E-state index in [-0.39, 0.29) is 5.41 Å². The highest BCUT2D eigenvalue weighted by atomic mass is 15.3. The Morgan fingerprint density at radius 1 is 0.280 bits per heavy atom. The molecule has 0 bridgehead atoms. The molecule has 75 heavy (non-hydrogen) atoms. The number of fused-ring (bicyclic) bond motifs is 10. The number of anilines is 10. The molecule has 0 spiro atoms. The summed E-state index contributed by atoms with van der Waals surface area (Å²) in [6.45, 7) is 4.70. The molecule has 12 aromatic carbocycles. The van der Waals surface area contributed by atoms with Crippen molar-refractivity contribution in [1.29, 1.82) is 0 Å². The second-order valence-electron chi connectivity index (χ2n) is 21.0. The van der Waals surface area contributed by atoms with Crippen molar-refractivity contribution in [3.8, 4) is 44.5 Å². The van der Waals surface area contributed by atoms with Crippen LogP contribution in [0.2, 0.25) is 0 Å². The molecule has 356 valence electrons. The molecule has 1 aliphatic carbocycles. The number of para-hydroxylation sites is 8. The average molecular weight is 961 g/mol. The lowest BCUT2D eigenvalue weighted by Crippen LogP contribution is -2.24. The lowest BCUT2D eigenvalue weighted by Gasteiger charge is -2.39. The molecule has 0 saturated carbocycles. The van der Waals surface area contributed by atoms with Gasteiger partial charge in [-0.1, -0.05) is 178 Å². The van der Waals surface area contributed by atoms with E-state index in [0.29, 0.717) is 0 Å². The van der Waals surface area contributed by atoms with E-state index >= 15 is 0 Å². The first-order valence-electron chi connectivity index (χ1n) is 26.1. The predicted octanol–water partition coefficient (Wildman–Crippen LogP) is 19.6. The second-order valence-corrected chi connectivity index (χ2v) is 21.0. The van der Waals surface area contributed by atoms with E-state index in [9.17, 15) is 0 Å². The number of nitrogens with zero attached hydrogens (tertiary/aromatic N) is 4. The van der Waals surface area contributed by atoms with Gasteiger partial charge in [-0.2, -0.15) is 0 Å². The Morgan fingerprint density at radius 2 is 0.707 bits per heavy atom. The fourth-order valence-corrected chi connectivity index (χ4v) is 13.1. The van der Waals surface area contributed by atoms with Crippen molar-refractivity contribution in [3.05, 3.63) is 254 Å². The first-order valence-corrected chi connectivity index (χ1v) is 26.1. The largest absolute Gasteiger partial charge is 0.341 e. The van der Waals surface area contributed by atoms with Crippen LogP contribution in [0.3, 0.4) is 0 Å². The van der Waals surface area contributed by atoms with Crippen LogP contribution in [0.15, 0.2) is 243 Å². The molecule has 0 amide bonds. The maximum atomic E-state index is 2.47. The summed E-state index contributed by atoms with van der Waals surface area (Å²) in [5.41, 5.74) is 24.1. The van der Waals surface area contributed by atoms with Gasteiger partial charge < -0.3 is 19.6 Å². The molecule has 4 heteroatoms. The highest BCUT2D eigenvalue weighted by Gasteiger charge is 2.36. The van der Waals surface area contributed by atoms with Crippen LogP contribution in [-0.4, -0.2) is 14.1 Å². The first-order chi connectivity index (χ1) is 36.8. The molecule has 4 nitrogen and oxygen atoms in total. The molecular weight excluding hydrogens is 909 g/mol. The predicted molar refractivity (Wildman–Crippen MR) is 318 cm³/mol. The van der Waals surface area contributed by atoms with Crippen molar-refractivity contribution < 1.29 is 0 Å². The summed E-state index contributed by atoms with van der Waals surface area (Å²) < 4.78 is 0. The molecular formula is C71H52N4. The molecule has 0 aromatic heterocycles. The van der Waals surface area contributed by atoms with Crippen LogP contribution < -0.4 is 19.6 Å². The van der Waals surface area contributed by atoms with E-state index in [4.69, 9.17) is 0 Å². The topological polar surface area (TPSA) is 13.0 Å². The van der Waals surface area contributed by atoms with Gasteiger partial charge in [0.15, 0.2) is 0 Å². The normalized spacial score (nSPS) is 13.9. The van der Waals surface area contributed by atoms with Gasteiger partial charge >= 0.3 is 0 Å². The Balaban J connectivity index is 1.01. The Bertz CT molecular complexity index is 4240. The zero-order valence-electron chi connectivity index (χ0n) is 42.4. The summed E-state index contributed by atoms with van der Waals surface area (Å²) in [7, 11) is 4.35. The van der Waals surface area contributed by atoms with Crippen LogP contribution in [0, 0.1) is 0 Å². The first kappa shape index (κ1) is 43.2. The minimum absolute atomic E-state index is 0.0429. The van der Waals surface area contributed by atoms with Gasteiger partial charge in [0.25, 0.3) is 0 Å². The Morgan fingerprint density at radius 3 is 1.29 bits per heavy atom. The average Bonchev–Trinajstić information content (AvgIpc) is 3.71. The summed E-state index contributed by atoms with van der Waals surface area (Å²) in [6, 6.07) is 90.6. The van der Waals surface area contributed by atoms with E-state index in [2.05, 4.69) is 290 Å². The van der Waals surface area contributed by atoms with E-state index in [0.717, 1.165) is 34.1 Å². The number of rotatable bonds is 5. The van der Waals surface area contributed by atoms with Crippen molar-refractivity contribution in [2.75, 3.05) is 33.7 Å². The van der Waals surface area contributed by atoms with Crippen molar-refractivity contribution in [2.45, 2.75) is 19.3 Å². The molecule has 2 aliphatic heterocycles. The molecule has 0 N–H and O–H groups in total. The summed E-state index contributed by atoms with van der Waals surface area (Å²) in [5.74, 6) is 0. The molecule has 12 aromatic rings. The Hall–Kier alpha value is -9.38. The van der Waals surface area contributed by atoms with Crippen LogP contribution in [0.25, 0.3) is 76.8 Å². The third-order valence-corrected chi connectivity index (χ3v) is 16.7. The molecule has 3 aliphatic rings. The van der Waals surface area contributed by atoms with Crippen LogP contribution >= 0.6 is 0 Å². The lowest BCUT2D eigenvalue weighted by atomic mass is 9.82. The number of hydrogen-bond acceptors (Lipinski definition) is 4. The summed E-state index contributed by atoms with van der Waals surface area (Å²) >= 11 is 0. The number of hydrogen-bond donors (Lipinski definition) is 0. The Labute approximate surface area is 438 Å². The van der Waals surface area contributed by atoms with E-state index < -0.39 is 0 Å². The molecule has 0 fully saturated rings. The zero-order chi connectivity index (χ0) is 50.1. The fourth-order valence-electron chi connectivity index (χ4n) is 13.1. The molecule has 0 saturated heterocycles. The third-order valence-electron chi connectivity index (χ3n) is 16.7. The molecule has 15 rings (SSSR count). The van der Waals surface area contributed by atoms with Gasteiger partial charge in [-0.15, -0.1) is 0 Å². The van der Waals surface area contributed by atoms with E-state index in [1.807, 2.05) is 0 Å². The van der Waals surface area contributed by atoms with Crippen LogP contribution in [0.1, 0.15) is 25.0 Å². The van der Waals surface area contributed by atoms with Gasteiger partial charge in [0.2, 0.25) is 0 Å². The third kappa shape index (κ3) is 6.36. The molecule has 0 atom stereocenters. The molecule has 0 unspecified atom stereocenters. The quantitative estimate of drug-likeness (QED) is 0.159. The van der Waals surface area contributed by atoms with Crippen molar-refractivity contribution in [2.24, 2.45) is 0 Å². The zero-order valence-corrected chi connectivity index (χ0v) is 42.4. The van der Waals surface area contributed by atoms with Crippen LogP contribution in [0.4, 0.5) is 56.9 Å². The van der Waals surface area contributed by atoms with E-state index in [1.54, 1.807) is 0 Å². The highest BCUT2D eigenvalue weighted by molar-refractivity contribution is 6.25. The SMILES string of the molecule is CN1c2ccccc2N(c2ccc3c(-c4cccc5ccccc45)c4cc(N5c6ccccc6N(C)c6ccccc65)ccc4c(-c4ccc(-c5ccc6c(c5)-c5ccccc5C6(C)C)cc4)c3c2)c2ccccc21. The molecule has 2 heterocycles. The van der Waals surface area contributed by atoms with Gasteiger partial charge in [0, 0.05) is 30.9 Å². The fraction of sp³-hybridized carbons (Fsp3) is 0.0704. The lowest BCUT2D eigenvalue weighted by molar-refractivity contribution is 0.660. The monoisotopic (exact) mass is 960 g/mol. The van der Waals surface area contributed by atoms with Crippen molar-refractivity contribution >= 4 is 89.2 Å². The summed E-state index contributed by atoms with van der Waals surface area (Å²) in [5, 5.41) is 7.25. The maximum absolute atomic E-state index is 2.47. The van der Waals surface area contributed by atoms with Crippen molar-refractivity contribution in [1.82, 2.24) is 0 Å². The maximum Gasteiger partial charge on any atom is 0.0699 e. The minimum Gasteiger partial charge on any atom is -0.341 e. The minimum atomic E-state index is -0.0429. The molecule has 0 radical (unpaired) electrons. The van der Waals surface area contributed by atoms with Crippen LogP contribution in [-0.2, 0) is 5.41 Å². The van der Waals surface area contributed by atoms with Gasteiger partial charge in [0.05, 0.1) is 45.5 Å². The smallest absolute Gasteiger partial charge is 0.0699 e. The summed E-state index contributed by atoms with van der Waals surface area (Å²) in [4.78, 5) is 9.54. The number of benzene rings is 12. The highest BCUT2D eigenvalue weighted by Crippen LogP contribution is 2.56. The van der Waals surface area contributed by atoms with Gasteiger partial charge in [-0.25, -0.2) is 0 Å². The van der Waals surface area contributed by atoms with Crippen LogP contribution in [0.5, 0.6) is 0 Å². The van der Waals surface area contributed by atoms with Gasteiger partial charge in [-0.3, -0.25) is 0 Å². The summed E-state index contributed by atoms with van der Waals surface area (Å²) in [6.07, 6.45) is 0. The van der Waals surface area contributed by atoms with E-state index in [1.165, 1.54) is 111 Å². The standard InChI is InChI=1S/C71H52N4/c1-71(2)59-23-8-7-21-52(59)56-42-48(36-41-60(56)71)45-32-34-47(35-33-45)69-54-39-37-50(75-67-30-15-11-26-63(67)73(4)64-27-12-16-31-68(64)75)44-58(54)70(53-22-17-19-46-18-5-6-20-51(46)53)55-40-38-49(43-57(55)69)74-65-28-13-9-24-61(65)72(3)62-25-10-14-29-66(62)74/h5-44H,1-4H3. The van der Waals surface area contributed by atoms with Gasteiger partial charge in [0.1, 0.15) is 0 Å².